The Morgan fingerprint density at radius 2 is 0.980 bits per heavy atom. The van der Waals surface area contributed by atoms with E-state index < -0.39 is 0 Å². The Morgan fingerprint density at radius 3 is 1.52 bits per heavy atom. The second-order valence-corrected chi connectivity index (χ2v) is 14.4. The second kappa shape index (κ2) is 42.2. The van der Waals surface area contributed by atoms with E-state index in [0.717, 1.165) is 77.8 Å². The fourth-order valence-electron chi connectivity index (χ4n) is 6.14. The minimum absolute atomic E-state index is 0.123. The first kappa shape index (κ1) is 48.8. The van der Waals surface area contributed by atoms with Gasteiger partial charge in [-0.2, -0.15) is 0 Å². The van der Waals surface area contributed by atoms with Crippen LogP contribution in [0, 0.1) is 0 Å². The van der Waals surface area contributed by atoms with Crippen LogP contribution >= 0.6 is 0 Å². The minimum atomic E-state index is -0.311. The molecule has 0 saturated carbocycles. The first-order chi connectivity index (χ1) is 24.7. The Bertz CT molecular complexity index is 711. The maximum atomic E-state index is 12.6. The third-order valence-corrected chi connectivity index (χ3v) is 9.35. The number of aliphatic hydroxyl groups is 1. The van der Waals surface area contributed by atoms with Gasteiger partial charge in [-0.1, -0.05) is 141 Å². The summed E-state index contributed by atoms with van der Waals surface area (Å²) in [5, 5.41) is 9.37. The zero-order valence-electron chi connectivity index (χ0n) is 33.7. The Labute approximate surface area is 311 Å². The largest absolute Gasteiger partial charge is 0.457 e. The number of allylic oxidation sites excluding steroid dienone is 4. The van der Waals surface area contributed by atoms with Crippen LogP contribution in [0.4, 0.5) is 0 Å². The van der Waals surface area contributed by atoms with Crippen molar-refractivity contribution in [2.75, 3.05) is 52.7 Å². The summed E-state index contributed by atoms with van der Waals surface area (Å²) in [5.74, 6) is -0.123. The summed E-state index contributed by atoms with van der Waals surface area (Å²) >= 11 is 0. The van der Waals surface area contributed by atoms with E-state index >= 15 is 0 Å². The van der Waals surface area contributed by atoms with Gasteiger partial charge >= 0.3 is 5.97 Å². The first-order valence-corrected chi connectivity index (χ1v) is 21.7. The van der Waals surface area contributed by atoms with E-state index in [4.69, 9.17) is 14.2 Å². The lowest BCUT2D eigenvalue weighted by Gasteiger charge is -2.22. The van der Waals surface area contributed by atoms with Crippen molar-refractivity contribution in [3.63, 3.8) is 0 Å². The topological polar surface area (TPSA) is 68.2 Å². The molecule has 6 heteroatoms. The first-order valence-electron chi connectivity index (χ1n) is 21.7. The number of esters is 1. The molecule has 0 aromatic heterocycles. The number of aliphatic hydroxyl groups excluding tert-OH is 1. The molecule has 0 fully saturated rings. The molecule has 0 bridgehead atoms. The van der Waals surface area contributed by atoms with E-state index in [1.165, 1.54) is 122 Å². The van der Waals surface area contributed by atoms with Crippen molar-refractivity contribution >= 4 is 5.97 Å². The van der Waals surface area contributed by atoms with Crippen LogP contribution in [0.15, 0.2) is 24.3 Å². The number of unbranched alkanes of at least 4 members (excludes halogenated alkanes) is 19. The molecule has 0 atom stereocenters. The molecule has 296 valence electrons. The van der Waals surface area contributed by atoms with Gasteiger partial charge in [0, 0.05) is 32.8 Å². The molecule has 0 radical (unpaired) electrons. The SMILES string of the molecule is CCCCC/C=C/C/C=C/CCCCCCCCN(CCCO)CCCCCCCC(=O)OC(COCCCCCC)COCCCCCC. The third kappa shape index (κ3) is 38.0. The van der Waals surface area contributed by atoms with Crippen LogP contribution in [-0.4, -0.2) is 74.7 Å². The van der Waals surface area contributed by atoms with Crippen LogP contribution in [0.2, 0.25) is 0 Å². The molecule has 1 N–H and O–H groups in total. The van der Waals surface area contributed by atoms with Crippen LogP contribution in [0.3, 0.4) is 0 Å². The lowest BCUT2D eigenvalue weighted by atomic mass is 10.1. The number of ether oxygens (including phenoxy) is 3. The molecular formula is C44H85NO5. The van der Waals surface area contributed by atoms with E-state index in [1.54, 1.807) is 0 Å². The van der Waals surface area contributed by atoms with Crippen molar-refractivity contribution in [3.05, 3.63) is 24.3 Å². The zero-order chi connectivity index (χ0) is 36.4. The maximum Gasteiger partial charge on any atom is 0.306 e. The van der Waals surface area contributed by atoms with Crippen LogP contribution in [-0.2, 0) is 19.0 Å². The average Bonchev–Trinajstić information content (AvgIpc) is 3.12. The molecule has 0 aliphatic heterocycles. The number of hydrogen-bond acceptors (Lipinski definition) is 6. The predicted molar refractivity (Wildman–Crippen MR) is 215 cm³/mol. The normalized spacial score (nSPS) is 12.0. The molecular weight excluding hydrogens is 622 g/mol. The molecule has 0 saturated heterocycles. The van der Waals surface area contributed by atoms with Crippen LogP contribution < -0.4 is 0 Å². The summed E-state index contributed by atoms with van der Waals surface area (Å²) < 4.78 is 17.5. The fraction of sp³-hybridized carbons (Fsp3) is 0.886. The molecule has 0 spiro atoms. The molecule has 50 heavy (non-hydrogen) atoms. The Hall–Kier alpha value is -1.21. The van der Waals surface area contributed by atoms with Crippen LogP contribution in [0.5, 0.6) is 0 Å². The summed E-state index contributed by atoms with van der Waals surface area (Å²) in [7, 11) is 0. The number of hydrogen-bond donors (Lipinski definition) is 1. The van der Waals surface area contributed by atoms with Gasteiger partial charge < -0.3 is 24.2 Å². The van der Waals surface area contributed by atoms with Gasteiger partial charge in [0.15, 0.2) is 0 Å². The van der Waals surface area contributed by atoms with E-state index in [2.05, 4.69) is 50.0 Å². The number of nitrogens with zero attached hydrogens (tertiary/aromatic N) is 1. The van der Waals surface area contributed by atoms with E-state index in [0.29, 0.717) is 19.6 Å². The Balaban J connectivity index is 4.02. The second-order valence-electron chi connectivity index (χ2n) is 14.4. The van der Waals surface area contributed by atoms with Crippen LogP contribution in [0.25, 0.3) is 0 Å². The van der Waals surface area contributed by atoms with Crippen molar-refractivity contribution in [2.45, 2.75) is 200 Å². The molecule has 0 aromatic rings. The smallest absolute Gasteiger partial charge is 0.306 e. The van der Waals surface area contributed by atoms with Gasteiger partial charge in [-0.15, -0.1) is 0 Å². The molecule has 0 rings (SSSR count). The van der Waals surface area contributed by atoms with Crippen molar-refractivity contribution < 1.29 is 24.1 Å². The average molecular weight is 708 g/mol. The van der Waals surface area contributed by atoms with E-state index in [9.17, 15) is 9.90 Å². The van der Waals surface area contributed by atoms with Gasteiger partial charge in [0.1, 0.15) is 6.10 Å². The molecule has 0 aromatic carbocycles. The standard InChI is InChI=1S/C44H85NO5/c1-4-7-10-13-14-15-16-17-18-19-20-21-22-23-26-29-35-45(37-33-38-46)36-30-27-24-25-28-34-44(47)50-43(41-48-39-31-11-8-5-2)42-49-40-32-12-9-6-3/h14-15,17-18,43,46H,4-13,16,19-42H2,1-3H3/b15-14+,18-17+. The lowest BCUT2D eigenvalue weighted by molar-refractivity contribution is -0.156. The molecule has 0 amide bonds. The van der Waals surface area contributed by atoms with Crippen molar-refractivity contribution in [1.29, 1.82) is 0 Å². The number of carbonyl (C=O) groups is 1. The number of carbonyl (C=O) groups excluding carboxylic acids is 1. The molecule has 0 unspecified atom stereocenters. The van der Waals surface area contributed by atoms with Crippen molar-refractivity contribution in [3.8, 4) is 0 Å². The van der Waals surface area contributed by atoms with Gasteiger partial charge in [-0.3, -0.25) is 4.79 Å². The van der Waals surface area contributed by atoms with Gasteiger partial charge in [0.05, 0.1) is 13.2 Å². The Morgan fingerprint density at radius 1 is 0.540 bits per heavy atom. The summed E-state index contributed by atoms with van der Waals surface area (Å²) in [6.45, 7) is 12.5. The highest BCUT2D eigenvalue weighted by molar-refractivity contribution is 5.69. The fourth-order valence-corrected chi connectivity index (χ4v) is 6.14. The summed E-state index contributed by atoms with van der Waals surface area (Å²) in [5.41, 5.74) is 0. The Kier molecular flexibility index (Phi) is 41.2. The van der Waals surface area contributed by atoms with Gasteiger partial charge in [-0.25, -0.2) is 0 Å². The lowest BCUT2D eigenvalue weighted by Crippen LogP contribution is -2.29. The molecule has 0 aliphatic carbocycles. The monoisotopic (exact) mass is 708 g/mol. The zero-order valence-corrected chi connectivity index (χ0v) is 33.7. The maximum absolute atomic E-state index is 12.6. The van der Waals surface area contributed by atoms with Gasteiger partial charge in [-0.05, 0) is 83.7 Å². The van der Waals surface area contributed by atoms with E-state index in [-0.39, 0.29) is 18.7 Å². The molecule has 0 aliphatic rings. The van der Waals surface area contributed by atoms with Gasteiger partial charge in [0.25, 0.3) is 0 Å². The summed E-state index contributed by atoms with van der Waals surface area (Å²) in [6.07, 6.45) is 40.6. The van der Waals surface area contributed by atoms with Crippen LogP contribution in [0.1, 0.15) is 194 Å². The van der Waals surface area contributed by atoms with Crippen molar-refractivity contribution in [2.24, 2.45) is 0 Å². The quantitative estimate of drug-likeness (QED) is 0.0387. The van der Waals surface area contributed by atoms with Gasteiger partial charge in [0.2, 0.25) is 0 Å². The highest BCUT2D eigenvalue weighted by atomic mass is 16.6. The van der Waals surface area contributed by atoms with E-state index in [1.807, 2.05) is 0 Å². The molecule has 6 nitrogen and oxygen atoms in total. The highest BCUT2D eigenvalue weighted by Gasteiger charge is 2.15. The molecule has 0 heterocycles. The predicted octanol–water partition coefficient (Wildman–Crippen LogP) is 11.9. The third-order valence-electron chi connectivity index (χ3n) is 9.35. The summed E-state index contributed by atoms with van der Waals surface area (Å²) in [6, 6.07) is 0. The number of rotatable bonds is 41. The highest BCUT2D eigenvalue weighted by Crippen LogP contribution is 2.12. The summed E-state index contributed by atoms with van der Waals surface area (Å²) in [4.78, 5) is 15.2. The van der Waals surface area contributed by atoms with Crippen molar-refractivity contribution in [1.82, 2.24) is 4.90 Å². The minimum Gasteiger partial charge on any atom is -0.457 e.